The first-order valence-electron chi connectivity index (χ1n) is 8.37. The fourth-order valence-electron chi connectivity index (χ4n) is 3.46. The van der Waals surface area contributed by atoms with Gasteiger partial charge >= 0.3 is 0 Å². The highest BCUT2D eigenvalue weighted by Gasteiger charge is 2.54. The van der Waals surface area contributed by atoms with Crippen molar-refractivity contribution in [3.05, 3.63) is 24.3 Å². The number of ether oxygens (including phenoxy) is 1. The lowest BCUT2D eigenvalue weighted by Crippen LogP contribution is -2.48. The van der Waals surface area contributed by atoms with E-state index in [0.29, 0.717) is 5.75 Å². The molecule has 0 bridgehead atoms. The van der Waals surface area contributed by atoms with Crippen molar-refractivity contribution in [1.29, 1.82) is 0 Å². The minimum atomic E-state index is -4.10. The van der Waals surface area contributed by atoms with Crippen LogP contribution in [0, 0.1) is 5.41 Å². The van der Waals surface area contributed by atoms with Gasteiger partial charge in [0, 0.05) is 19.4 Å². The number of nitrogens with one attached hydrogen (secondary N) is 2. The standard InChI is InChI=1S/C17H20N2O7S/c1-26-11-2-4-12(5-3-11)27(24,25)19-16(23)13-8-17(9-18-13)14(21)6-10(20)7-15(17)22/h2-5,10,13,18,20H,6-9H2,1H3,(H,19,23)/t10?,13-,17?/m1/s1. The molecule has 1 spiro atoms. The third-order valence-corrected chi connectivity index (χ3v) is 6.40. The van der Waals surface area contributed by atoms with E-state index in [0.717, 1.165) is 0 Å². The number of carbonyl (C=O) groups is 3. The van der Waals surface area contributed by atoms with Gasteiger partial charge in [0.05, 0.1) is 24.2 Å². The number of Topliss-reactive ketones (excluding diaryl/α,β-unsaturated/α-hetero) is 2. The first kappa shape index (κ1) is 19.5. The lowest BCUT2D eigenvalue weighted by atomic mass is 9.69. The van der Waals surface area contributed by atoms with Gasteiger partial charge in [-0.25, -0.2) is 13.1 Å². The maximum absolute atomic E-state index is 12.4. The third kappa shape index (κ3) is 3.60. The van der Waals surface area contributed by atoms with E-state index in [2.05, 4.69) is 5.32 Å². The summed E-state index contributed by atoms with van der Waals surface area (Å²) in [6.07, 6.45) is -1.42. The number of sulfonamides is 1. The Balaban J connectivity index is 1.71. The van der Waals surface area contributed by atoms with Gasteiger partial charge < -0.3 is 15.2 Å². The van der Waals surface area contributed by atoms with Gasteiger partial charge in [-0.3, -0.25) is 14.4 Å². The summed E-state index contributed by atoms with van der Waals surface area (Å²) in [5.74, 6) is -1.22. The van der Waals surface area contributed by atoms with Crippen molar-refractivity contribution >= 4 is 27.5 Å². The average molecular weight is 396 g/mol. The van der Waals surface area contributed by atoms with E-state index >= 15 is 0 Å². The van der Waals surface area contributed by atoms with Gasteiger partial charge in [0.25, 0.3) is 15.9 Å². The molecule has 1 aromatic rings. The zero-order valence-electron chi connectivity index (χ0n) is 14.6. The lowest BCUT2D eigenvalue weighted by Gasteiger charge is -2.31. The van der Waals surface area contributed by atoms with Gasteiger partial charge in [-0.15, -0.1) is 0 Å². The maximum atomic E-state index is 12.4. The Morgan fingerprint density at radius 3 is 2.37 bits per heavy atom. The molecule has 2 fully saturated rings. The van der Waals surface area contributed by atoms with Gasteiger partial charge in [-0.1, -0.05) is 0 Å². The Morgan fingerprint density at radius 1 is 1.22 bits per heavy atom. The SMILES string of the molecule is COc1ccc(S(=O)(=O)NC(=O)[C@H]2CC3(CN2)C(=O)CC(O)CC3=O)cc1. The summed E-state index contributed by atoms with van der Waals surface area (Å²) < 4.78 is 31.7. The molecule has 146 valence electrons. The summed E-state index contributed by atoms with van der Waals surface area (Å²) in [6, 6.07) is 4.50. The fraction of sp³-hybridized carbons (Fsp3) is 0.471. The van der Waals surface area contributed by atoms with Crippen molar-refractivity contribution in [2.75, 3.05) is 13.7 Å². The predicted molar refractivity (Wildman–Crippen MR) is 92.4 cm³/mol. The Labute approximate surface area is 156 Å². The molecule has 27 heavy (non-hydrogen) atoms. The highest BCUT2D eigenvalue weighted by molar-refractivity contribution is 7.90. The zero-order chi connectivity index (χ0) is 19.8. The van der Waals surface area contributed by atoms with Crippen LogP contribution in [0.5, 0.6) is 5.75 Å². The van der Waals surface area contributed by atoms with Crippen LogP contribution >= 0.6 is 0 Å². The molecule has 9 nitrogen and oxygen atoms in total. The van der Waals surface area contributed by atoms with E-state index in [1.807, 2.05) is 4.72 Å². The molecule has 1 saturated heterocycles. The molecule has 1 aliphatic carbocycles. The monoisotopic (exact) mass is 396 g/mol. The molecule has 0 aromatic heterocycles. The van der Waals surface area contributed by atoms with Crippen molar-refractivity contribution in [1.82, 2.24) is 10.0 Å². The fourth-order valence-corrected chi connectivity index (χ4v) is 4.48. The molecule has 2 aliphatic rings. The Hall–Kier alpha value is -2.30. The van der Waals surface area contributed by atoms with Crippen LogP contribution < -0.4 is 14.8 Å². The molecule has 1 amide bonds. The lowest BCUT2D eigenvalue weighted by molar-refractivity contribution is -0.146. The molecule has 1 aromatic carbocycles. The van der Waals surface area contributed by atoms with Crippen molar-refractivity contribution < 1.29 is 32.6 Å². The number of methoxy groups -OCH3 is 1. The van der Waals surface area contributed by atoms with E-state index < -0.39 is 45.1 Å². The van der Waals surface area contributed by atoms with Crippen molar-refractivity contribution in [2.45, 2.75) is 36.3 Å². The van der Waals surface area contributed by atoms with E-state index in [1.165, 1.54) is 31.4 Å². The zero-order valence-corrected chi connectivity index (χ0v) is 15.4. The van der Waals surface area contributed by atoms with Crippen LogP contribution in [0.2, 0.25) is 0 Å². The second kappa shape index (κ2) is 7.02. The Bertz CT molecular complexity index is 861. The molecule has 3 rings (SSSR count). The van der Waals surface area contributed by atoms with Crippen LogP contribution in [-0.2, 0) is 24.4 Å². The minimum Gasteiger partial charge on any atom is -0.497 e. The van der Waals surface area contributed by atoms with Crippen LogP contribution in [0.15, 0.2) is 29.2 Å². The van der Waals surface area contributed by atoms with Gasteiger partial charge in [-0.2, -0.15) is 0 Å². The first-order chi connectivity index (χ1) is 12.7. The van der Waals surface area contributed by atoms with Gasteiger partial charge in [0.15, 0.2) is 0 Å². The van der Waals surface area contributed by atoms with Crippen LogP contribution in [0.25, 0.3) is 0 Å². The van der Waals surface area contributed by atoms with Crippen LogP contribution in [0.1, 0.15) is 19.3 Å². The van der Waals surface area contributed by atoms with Gasteiger partial charge in [0.2, 0.25) is 0 Å². The van der Waals surface area contributed by atoms with Gasteiger partial charge in [0.1, 0.15) is 22.7 Å². The number of aliphatic hydroxyl groups is 1. The van der Waals surface area contributed by atoms with Gasteiger partial charge in [-0.05, 0) is 30.7 Å². The number of carbonyl (C=O) groups excluding carboxylic acids is 3. The van der Waals surface area contributed by atoms with Crippen molar-refractivity contribution in [3.63, 3.8) is 0 Å². The normalized spacial score (nSPS) is 28.4. The molecular weight excluding hydrogens is 376 g/mol. The number of hydrogen-bond acceptors (Lipinski definition) is 8. The number of rotatable bonds is 4. The van der Waals surface area contributed by atoms with E-state index in [1.54, 1.807) is 0 Å². The van der Waals surface area contributed by atoms with Crippen molar-refractivity contribution in [3.8, 4) is 5.75 Å². The Kier molecular flexibility index (Phi) is 5.06. The van der Waals surface area contributed by atoms with E-state index in [-0.39, 0.29) is 30.7 Å². The maximum Gasteiger partial charge on any atom is 0.264 e. The summed E-state index contributed by atoms with van der Waals surface area (Å²) in [4.78, 5) is 36.9. The molecule has 1 aliphatic heterocycles. The number of hydrogen-bond donors (Lipinski definition) is 3. The summed E-state index contributed by atoms with van der Waals surface area (Å²) in [7, 11) is -2.66. The van der Waals surface area contributed by atoms with Crippen molar-refractivity contribution in [2.24, 2.45) is 5.41 Å². The smallest absolute Gasteiger partial charge is 0.264 e. The third-order valence-electron chi connectivity index (χ3n) is 5.03. The van der Waals surface area contributed by atoms with E-state index in [9.17, 15) is 27.9 Å². The summed E-state index contributed by atoms with van der Waals surface area (Å²) in [5.41, 5.74) is -1.37. The van der Waals surface area contributed by atoms with E-state index in [4.69, 9.17) is 4.74 Å². The molecule has 3 N–H and O–H groups in total. The second-order valence-corrected chi connectivity index (χ2v) is 8.46. The topological polar surface area (TPSA) is 139 Å². The molecule has 1 atom stereocenters. The number of aliphatic hydroxyl groups excluding tert-OH is 1. The molecule has 0 unspecified atom stereocenters. The summed E-state index contributed by atoms with van der Waals surface area (Å²) in [5, 5.41) is 12.3. The minimum absolute atomic E-state index is 0.0436. The van der Waals surface area contributed by atoms with Crippen LogP contribution in [-0.4, -0.2) is 56.8 Å². The highest BCUT2D eigenvalue weighted by Crippen LogP contribution is 2.38. The quantitative estimate of drug-likeness (QED) is 0.559. The number of ketones is 2. The highest BCUT2D eigenvalue weighted by atomic mass is 32.2. The molecule has 0 radical (unpaired) electrons. The van der Waals surface area contributed by atoms with Crippen LogP contribution in [0.4, 0.5) is 0 Å². The number of amides is 1. The largest absolute Gasteiger partial charge is 0.497 e. The second-order valence-electron chi connectivity index (χ2n) is 6.77. The first-order valence-corrected chi connectivity index (χ1v) is 9.85. The Morgan fingerprint density at radius 2 is 1.81 bits per heavy atom. The molecule has 1 saturated carbocycles. The summed E-state index contributed by atoms with van der Waals surface area (Å²) in [6.45, 7) is -0.0436. The number of benzene rings is 1. The van der Waals surface area contributed by atoms with Crippen LogP contribution in [0.3, 0.4) is 0 Å². The molecule has 1 heterocycles. The average Bonchev–Trinajstić information content (AvgIpc) is 3.07. The summed E-state index contributed by atoms with van der Waals surface area (Å²) >= 11 is 0. The molecular formula is C17H20N2O7S. The predicted octanol–water partition coefficient (Wildman–Crippen LogP) is -0.859. The molecule has 10 heteroatoms.